The van der Waals surface area contributed by atoms with Crippen LogP contribution in [-0.2, 0) is 0 Å². The van der Waals surface area contributed by atoms with Crippen LogP contribution in [0.4, 0.5) is 0 Å². The monoisotopic (exact) mass is 295 g/mol. The van der Waals surface area contributed by atoms with Gasteiger partial charge in [0.05, 0.1) is 6.33 Å². The third-order valence-electron chi connectivity index (χ3n) is 3.94. The number of halogens is 1. The molecule has 5 nitrogen and oxygen atoms in total. The SMILES string of the molecule is CCN=c1nc(C)n(C2CCCCC2)c2nc[nH]c12.Cl. The zero-order valence-electron chi connectivity index (χ0n) is 12.1. The van der Waals surface area contributed by atoms with E-state index in [9.17, 15) is 0 Å². The number of hydrogen-bond acceptors (Lipinski definition) is 3. The molecule has 1 N–H and O–H groups in total. The average molecular weight is 296 g/mol. The quantitative estimate of drug-likeness (QED) is 0.926. The van der Waals surface area contributed by atoms with E-state index in [1.54, 1.807) is 6.33 Å². The molecule has 1 saturated carbocycles. The molecule has 0 amide bonds. The summed E-state index contributed by atoms with van der Waals surface area (Å²) in [5.41, 5.74) is 2.77. The summed E-state index contributed by atoms with van der Waals surface area (Å²) in [5, 5.41) is 0. The lowest BCUT2D eigenvalue weighted by molar-refractivity contribution is 0.351. The van der Waals surface area contributed by atoms with Crippen LogP contribution < -0.4 is 5.49 Å². The maximum atomic E-state index is 4.66. The summed E-state index contributed by atoms with van der Waals surface area (Å²) >= 11 is 0. The third kappa shape index (κ3) is 2.59. The lowest BCUT2D eigenvalue weighted by Gasteiger charge is -2.26. The van der Waals surface area contributed by atoms with E-state index < -0.39 is 0 Å². The molecular formula is C14H22ClN5. The summed E-state index contributed by atoms with van der Waals surface area (Å²) in [6, 6.07) is 0.544. The van der Waals surface area contributed by atoms with Crippen LogP contribution in [0.15, 0.2) is 11.3 Å². The Balaban J connectivity index is 0.00000147. The van der Waals surface area contributed by atoms with Gasteiger partial charge in [-0.15, -0.1) is 12.4 Å². The molecular weight excluding hydrogens is 274 g/mol. The van der Waals surface area contributed by atoms with Crippen molar-refractivity contribution in [1.29, 1.82) is 0 Å². The van der Waals surface area contributed by atoms with E-state index in [0.717, 1.165) is 29.0 Å². The van der Waals surface area contributed by atoms with E-state index in [0.29, 0.717) is 6.04 Å². The highest BCUT2D eigenvalue weighted by atomic mass is 35.5. The lowest BCUT2D eigenvalue weighted by atomic mass is 9.95. The zero-order valence-corrected chi connectivity index (χ0v) is 12.9. The van der Waals surface area contributed by atoms with Gasteiger partial charge in [-0.2, -0.15) is 0 Å². The maximum Gasteiger partial charge on any atom is 0.177 e. The van der Waals surface area contributed by atoms with E-state index in [1.807, 2.05) is 6.92 Å². The Hall–Kier alpha value is -1.36. The van der Waals surface area contributed by atoms with Crippen molar-refractivity contribution in [2.24, 2.45) is 4.99 Å². The molecule has 3 rings (SSSR count). The second-order valence-electron chi connectivity index (χ2n) is 5.22. The highest BCUT2D eigenvalue weighted by Gasteiger charge is 2.20. The fraction of sp³-hybridized carbons (Fsp3) is 0.643. The Morgan fingerprint density at radius 1 is 1.35 bits per heavy atom. The van der Waals surface area contributed by atoms with Gasteiger partial charge in [0.15, 0.2) is 11.1 Å². The van der Waals surface area contributed by atoms with E-state index >= 15 is 0 Å². The number of aryl methyl sites for hydroxylation is 1. The summed E-state index contributed by atoms with van der Waals surface area (Å²) in [4.78, 5) is 16.8. The van der Waals surface area contributed by atoms with E-state index in [2.05, 4.69) is 31.4 Å². The third-order valence-corrected chi connectivity index (χ3v) is 3.94. The lowest BCUT2D eigenvalue weighted by Crippen LogP contribution is -2.23. The number of nitrogens with zero attached hydrogens (tertiary/aromatic N) is 4. The molecule has 6 heteroatoms. The van der Waals surface area contributed by atoms with Crippen molar-refractivity contribution >= 4 is 23.6 Å². The number of H-pyrrole nitrogens is 1. The summed E-state index contributed by atoms with van der Waals surface area (Å²) in [6.45, 7) is 4.84. The number of fused-ring (bicyclic) bond motifs is 1. The molecule has 2 aromatic rings. The first kappa shape index (κ1) is 15.0. The molecule has 2 heterocycles. The van der Waals surface area contributed by atoms with Crippen molar-refractivity contribution in [3.63, 3.8) is 0 Å². The first-order valence-corrected chi connectivity index (χ1v) is 7.24. The molecule has 0 atom stereocenters. The van der Waals surface area contributed by atoms with Crippen molar-refractivity contribution in [3.8, 4) is 0 Å². The van der Waals surface area contributed by atoms with Gasteiger partial charge in [-0.25, -0.2) is 9.97 Å². The van der Waals surface area contributed by atoms with Gasteiger partial charge in [0.25, 0.3) is 0 Å². The second-order valence-corrected chi connectivity index (χ2v) is 5.22. The molecule has 20 heavy (non-hydrogen) atoms. The van der Waals surface area contributed by atoms with Gasteiger partial charge in [0, 0.05) is 12.6 Å². The first-order valence-electron chi connectivity index (χ1n) is 7.24. The Morgan fingerprint density at radius 2 is 2.10 bits per heavy atom. The smallest absolute Gasteiger partial charge is 0.177 e. The Labute approximate surface area is 125 Å². The standard InChI is InChI=1S/C14H21N5.ClH/c1-3-15-13-12-14(17-9-16-12)19(10(2)18-13)11-7-5-4-6-8-11;/h9,11H,3-8H2,1-2H3,(H,16,17);1H. The first-order chi connectivity index (χ1) is 9.31. The van der Waals surface area contributed by atoms with Crippen LogP contribution in [0.5, 0.6) is 0 Å². The highest BCUT2D eigenvalue weighted by Crippen LogP contribution is 2.30. The highest BCUT2D eigenvalue weighted by molar-refractivity contribution is 5.85. The van der Waals surface area contributed by atoms with Gasteiger partial charge in [-0.05, 0) is 26.7 Å². The number of aromatic amines is 1. The Kier molecular flexibility index (Phi) is 4.81. The molecule has 0 bridgehead atoms. The minimum absolute atomic E-state index is 0. The number of hydrogen-bond donors (Lipinski definition) is 1. The van der Waals surface area contributed by atoms with Crippen LogP contribution in [0.25, 0.3) is 11.2 Å². The van der Waals surface area contributed by atoms with Gasteiger partial charge >= 0.3 is 0 Å². The van der Waals surface area contributed by atoms with E-state index in [-0.39, 0.29) is 12.4 Å². The fourth-order valence-corrected chi connectivity index (χ4v) is 3.09. The van der Waals surface area contributed by atoms with Crippen LogP contribution in [-0.4, -0.2) is 26.1 Å². The molecule has 0 aromatic carbocycles. The maximum absolute atomic E-state index is 4.66. The predicted octanol–water partition coefficient (Wildman–Crippen LogP) is 2.92. The molecule has 1 aliphatic carbocycles. The minimum atomic E-state index is 0. The number of rotatable bonds is 2. The molecule has 1 fully saturated rings. The Morgan fingerprint density at radius 3 is 2.80 bits per heavy atom. The largest absolute Gasteiger partial charge is 0.340 e. The van der Waals surface area contributed by atoms with Crippen molar-refractivity contribution in [3.05, 3.63) is 17.6 Å². The summed E-state index contributed by atoms with van der Waals surface area (Å²) in [5.74, 6) is 1.03. The van der Waals surface area contributed by atoms with Crippen LogP contribution in [0, 0.1) is 6.92 Å². The molecule has 0 spiro atoms. The van der Waals surface area contributed by atoms with Crippen LogP contribution in [0.2, 0.25) is 0 Å². The van der Waals surface area contributed by atoms with Crippen molar-refractivity contribution in [2.45, 2.75) is 52.0 Å². The van der Waals surface area contributed by atoms with Gasteiger partial charge in [0.2, 0.25) is 0 Å². The summed E-state index contributed by atoms with van der Waals surface area (Å²) in [7, 11) is 0. The van der Waals surface area contributed by atoms with Crippen molar-refractivity contribution in [2.75, 3.05) is 6.54 Å². The predicted molar refractivity (Wildman–Crippen MR) is 82.1 cm³/mol. The van der Waals surface area contributed by atoms with E-state index in [4.69, 9.17) is 0 Å². The molecule has 110 valence electrons. The minimum Gasteiger partial charge on any atom is -0.340 e. The van der Waals surface area contributed by atoms with E-state index in [1.165, 1.54) is 32.1 Å². The number of nitrogens with one attached hydrogen (secondary N) is 1. The molecule has 0 saturated heterocycles. The van der Waals surface area contributed by atoms with Gasteiger partial charge in [-0.3, -0.25) is 4.99 Å². The van der Waals surface area contributed by atoms with Crippen molar-refractivity contribution < 1.29 is 0 Å². The van der Waals surface area contributed by atoms with Gasteiger partial charge < -0.3 is 9.55 Å². The van der Waals surface area contributed by atoms with Crippen LogP contribution >= 0.6 is 12.4 Å². The summed E-state index contributed by atoms with van der Waals surface area (Å²) < 4.78 is 2.31. The Bertz CT molecular complexity index is 637. The molecule has 1 aliphatic rings. The van der Waals surface area contributed by atoms with Crippen LogP contribution in [0.3, 0.4) is 0 Å². The number of aromatic nitrogens is 4. The van der Waals surface area contributed by atoms with Gasteiger partial charge in [0.1, 0.15) is 11.3 Å². The van der Waals surface area contributed by atoms with Crippen molar-refractivity contribution in [1.82, 2.24) is 19.5 Å². The topological polar surface area (TPSA) is 58.9 Å². The van der Waals surface area contributed by atoms with Crippen LogP contribution in [0.1, 0.15) is 50.9 Å². The summed E-state index contributed by atoms with van der Waals surface area (Å²) in [6.07, 6.45) is 8.20. The average Bonchev–Trinajstić information content (AvgIpc) is 2.89. The zero-order chi connectivity index (χ0) is 13.2. The normalized spacial score (nSPS) is 17.4. The fourth-order valence-electron chi connectivity index (χ4n) is 3.09. The molecule has 2 aromatic heterocycles. The molecule has 0 aliphatic heterocycles. The molecule has 0 unspecified atom stereocenters. The second kappa shape index (κ2) is 6.39. The molecule has 0 radical (unpaired) electrons. The number of imidazole rings is 1. The van der Waals surface area contributed by atoms with Gasteiger partial charge in [-0.1, -0.05) is 19.3 Å².